The summed E-state index contributed by atoms with van der Waals surface area (Å²) in [6, 6.07) is 1.22. The molecule has 2 aliphatic carbocycles. The second kappa shape index (κ2) is 4.97. The second-order valence-electron chi connectivity index (χ2n) is 6.00. The van der Waals surface area contributed by atoms with Crippen LogP contribution in [0.25, 0.3) is 0 Å². The van der Waals surface area contributed by atoms with Crippen molar-refractivity contribution in [2.45, 2.75) is 63.5 Å². The van der Waals surface area contributed by atoms with Gasteiger partial charge in [-0.1, -0.05) is 12.8 Å². The average molecular weight is 236 g/mol. The van der Waals surface area contributed by atoms with Crippen LogP contribution >= 0.6 is 0 Å². The van der Waals surface area contributed by atoms with E-state index in [1.165, 1.54) is 51.4 Å². The maximum Gasteiger partial charge on any atom is 0.236 e. The first-order chi connectivity index (χ1) is 8.34. The SMILES string of the molecule is O=C(CNC1CC1)N1CCCC1C1CCCC1. The van der Waals surface area contributed by atoms with E-state index in [2.05, 4.69) is 10.2 Å². The molecule has 3 nitrogen and oxygen atoms in total. The highest BCUT2D eigenvalue weighted by Gasteiger charge is 2.35. The van der Waals surface area contributed by atoms with Gasteiger partial charge in [0.1, 0.15) is 0 Å². The van der Waals surface area contributed by atoms with Crippen LogP contribution in [0.4, 0.5) is 0 Å². The van der Waals surface area contributed by atoms with Gasteiger partial charge in [0.2, 0.25) is 5.91 Å². The number of nitrogens with one attached hydrogen (secondary N) is 1. The van der Waals surface area contributed by atoms with Crippen molar-refractivity contribution >= 4 is 5.91 Å². The molecule has 1 saturated heterocycles. The van der Waals surface area contributed by atoms with Gasteiger partial charge in [-0.3, -0.25) is 4.79 Å². The Hall–Kier alpha value is -0.570. The normalized spacial score (nSPS) is 30.1. The Morgan fingerprint density at radius 2 is 1.82 bits per heavy atom. The van der Waals surface area contributed by atoms with Gasteiger partial charge in [-0.25, -0.2) is 0 Å². The zero-order valence-electron chi connectivity index (χ0n) is 10.7. The van der Waals surface area contributed by atoms with Crippen LogP contribution in [0, 0.1) is 5.92 Å². The monoisotopic (exact) mass is 236 g/mol. The van der Waals surface area contributed by atoms with Crippen LogP contribution in [0.2, 0.25) is 0 Å². The number of carbonyl (C=O) groups excluding carboxylic acids is 1. The lowest BCUT2D eigenvalue weighted by molar-refractivity contribution is -0.132. The van der Waals surface area contributed by atoms with Crippen molar-refractivity contribution in [3.63, 3.8) is 0 Å². The van der Waals surface area contributed by atoms with E-state index in [0.717, 1.165) is 12.5 Å². The predicted molar refractivity (Wildman–Crippen MR) is 67.7 cm³/mol. The molecule has 1 aliphatic heterocycles. The fraction of sp³-hybridized carbons (Fsp3) is 0.929. The minimum atomic E-state index is 0.353. The summed E-state index contributed by atoms with van der Waals surface area (Å²) in [6.07, 6.45) is 10.5. The van der Waals surface area contributed by atoms with Gasteiger partial charge in [-0.15, -0.1) is 0 Å². The molecular formula is C14H24N2O. The molecule has 0 bridgehead atoms. The summed E-state index contributed by atoms with van der Waals surface area (Å²) >= 11 is 0. The quantitative estimate of drug-likeness (QED) is 0.809. The van der Waals surface area contributed by atoms with Crippen molar-refractivity contribution in [1.29, 1.82) is 0 Å². The smallest absolute Gasteiger partial charge is 0.236 e. The third-order valence-corrected chi connectivity index (χ3v) is 4.68. The lowest BCUT2D eigenvalue weighted by Crippen LogP contribution is -2.44. The van der Waals surface area contributed by atoms with E-state index < -0.39 is 0 Å². The highest BCUT2D eigenvalue weighted by atomic mass is 16.2. The first-order valence-corrected chi connectivity index (χ1v) is 7.37. The van der Waals surface area contributed by atoms with Gasteiger partial charge >= 0.3 is 0 Å². The summed E-state index contributed by atoms with van der Waals surface area (Å²) in [4.78, 5) is 14.4. The van der Waals surface area contributed by atoms with E-state index in [-0.39, 0.29) is 0 Å². The summed E-state index contributed by atoms with van der Waals surface area (Å²) in [5.74, 6) is 1.16. The molecule has 1 unspecified atom stereocenters. The number of hydrogen-bond acceptors (Lipinski definition) is 2. The van der Waals surface area contributed by atoms with Crippen molar-refractivity contribution in [2.75, 3.05) is 13.1 Å². The van der Waals surface area contributed by atoms with Crippen LogP contribution in [-0.2, 0) is 4.79 Å². The molecule has 17 heavy (non-hydrogen) atoms. The van der Waals surface area contributed by atoms with E-state index in [0.29, 0.717) is 24.5 Å². The van der Waals surface area contributed by atoms with Crippen LogP contribution in [0.15, 0.2) is 0 Å². The summed E-state index contributed by atoms with van der Waals surface area (Å²) in [6.45, 7) is 1.58. The zero-order valence-corrected chi connectivity index (χ0v) is 10.7. The van der Waals surface area contributed by atoms with Crippen molar-refractivity contribution < 1.29 is 4.79 Å². The third kappa shape index (κ3) is 2.65. The average Bonchev–Trinajstić information content (AvgIpc) is 2.84. The molecule has 0 spiro atoms. The fourth-order valence-electron chi connectivity index (χ4n) is 3.56. The molecule has 0 aromatic rings. The van der Waals surface area contributed by atoms with Gasteiger partial charge in [-0.2, -0.15) is 0 Å². The molecule has 3 rings (SSSR count). The van der Waals surface area contributed by atoms with Gasteiger partial charge in [0, 0.05) is 18.6 Å². The van der Waals surface area contributed by atoms with Crippen molar-refractivity contribution in [3.05, 3.63) is 0 Å². The number of hydrogen-bond donors (Lipinski definition) is 1. The highest BCUT2D eigenvalue weighted by molar-refractivity contribution is 5.79. The molecule has 2 saturated carbocycles. The van der Waals surface area contributed by atoms with Crippen LogP contribution in [0.3, 0.4) is 0 Å². The van der Waals surface area contributed by atoms with E-state index in [4.69, 9.17) is 0 Å². The first-order valence-electron chi connectivity index (χ1n) is 7.37. The lowest BCUT2D eigenvalue weighted by atomic mass is 9.96. The molecule has 1 atom stereocenters. The largest absolute Gasteiger partial charge is 0.338 e. The van der Waals surface area contributed by atoms with E-state index >= 15 is 0 Å². The zero-order chi connectivity index (χ0) is 11.7. The van der Waals surface area contributed by atoms with Crippen LogP contribution in [0.1, 0.15) is 51.4 Å². The van der Waals surface area contributed by atoms with Crippen LogP contribution in [-0.4, -0.2) is 36.0 Å². The summed E-state index contributed by atoms with van der Waals surface area (Å²) in [5.41, 5.74) is 0. The van der Waals surface area contributed by atoms with Gasteiger partial charge in [0.15, 0.2) is 0 Å². The summed E-state index contributed by atoms with van der Waals surface area (Å²) in [7, 11) is 0. The molecule has 3 fully saturated rings. The molecule has 0 aromatic heterocycles. The lowest BCUT2D eigenvalue weighted by Gasteiger charge is -2.29. The number of rotatable bonds is 4. The van der Waals surface area contributed by atoms with Crippen molar-refractivity contribution in [1.82, 2.24) is 10.2 Å². The van der Waals surface area contributed by atoms with Crippen molar-refractivity contribution in [2.24, 2.45) is 5.92 Å². The molecule has 0 radical (unpaired) electrons. The molecule has 1 amide bonds. The Morgan fingerprint density at radius 1 is 1.06 bits per heavy atom. The minimum Gasteiger partial charge on any atom is -0.338 e. The van der Waals surface area contributed by atoms with Gasteiger partial charge in [0.05, 0.1) is 6.54 Å². The molecule has 3 heteroatoms. The molecule has 3 aliphatic rings. The van der Waals surface area contributed by atoms with Crippen LogP contribution < -0.4 is 5.32 Å². The predicted octanol–water partition coefficient (Wildman–Crippen LogP) is 1.92. The Bertz CT molecular complexity index is 282. The molecule has 96 valence electrons. The van der Waals surface area contributed by atoms with Crippen LogP contribution in [0.5, 0.6) is 0 Å². The van der Waals surface area contributed by atoms with E-state index in [1.807, 2.05) is 0 Å². The number of nitrogens with zero attached hydrogens (tertiary/aromatic N) is 1. The van der Waals surface area contributed by atoms with Gasteiger partial charge in [-0.05, 0) is 44.4 Å². The topological polar surface area (TPSA) is 32.3 Å². The van der Waals surface area contributed by atoms with Gasteiger partial charge < -0.3 is 10.2 Å². The third-order valence-electron chi connectivity index (χ3n) is 4.68. The Morgan fingerprint density at radius 3 is 2.53 bits per heavy atom. The fourth-order valence-corrected chi connectivity index (χ4v) is 3.56. The first kappa shape index (κ1) is 11.5. The molecular weight excluding hydrogens is 212 g/mol. The van der Waals surface area contributed by atoms with Crippen molar-refractivity contribution in [3.8, 4) is 0 Å². The highest BCUT2D eigenvalue weighted by Crippen LogP contribution is 2.35. The van der Waals surface area contributed by atoms with E-state index in [1.54, 1.807) is 0 Å². The summed E-state index contributed by atoms with van der Waals surface area (Å²) < 4.78 is 0. The Kier molecular flexibility index (Phi) is 3.37. The maximum atomic E-state index is 12.2. The number of amides is 1. The molecule has 0 aromatic carbocycles. The number of likely N-dealkylation sites (tertiary alicyclic amines) is 1. The Labute approximate surface area is 104 Å². The van der Waals surface area contributed by atoms with E-state index in [9.17, 15) is 4.79 Å². The summed E-state index contributed by atoms with van der Waals surface area (Å²) in [5, 5.41) is 3.35. The Balaban J connectivity index is 1.53. The minimum absolute atomic E-state index is 0.353. The molecule has 1 N–H and O–H groups in total. The molecule has 1 heterocycles. The van der Waals surface area contributed by atoms with Gasteiger partial charge in [0.25, 0.3) is 0 Å². The second-order valence-corrected chi connectivity index (χ2v) is 6.00. The maximum absolute atomic E-state index is 12.2. The number of carbonyl (C=O) groups is 1. The standard InChI is InChI=1S/C14H24N2O/c17-14(10-15-12-7-8-12)16-9-3-6-13(16)11-4-1-2-5-11/h11-13,15H,1-10H2.